The van der Waals surface area contributed by atoms with Crippen molar-refractivity contribution in [3.8, 4) is 11.5 Å². The van der Waals surface area contributed by atoms with Gasteiger partial charge in [-0.25, -0.2) is 4.79 Å². The standard InChI is InChI=1S/C13H14N2O3/c1-4-11-14-15-12(18-11)9-5-8(2)6-10(7-9)13(16)17-3/h5-7H,4H2,1-3H3. The van der Waals surface area contributed by atoms with Gasteiger partial charge in [-0.2, -0.15) is 0 Å². The Morgan fingerprint density at radius 2 is 2.11 bits per heavy atom. The van der Waals surface area contributed by atoms with Crippen LogP contribution in [0, 0.1) is 6.92 Å². The van der Waals surface area contributed by atoms with E-state index in [1.165, 1.54) is 7.11 Å². The van der Waals surface area contributed by atoms with Crippen LogP contribution in [0.15, 0.2) is 22.6 Å². The van der Waals surface area contributed by atoms with Crippen molar-refractivity contribution in [1.29, 1.82) is 0 Å². The lowest BCUT2D eigenvalue weighted by Crippen LogP contribution is -2.01. The van der Waals surface area contributed by atoms with Crippen LogP contribution in [0.1, 0.15) is 28.7 Å². The molecular weight excluding hydrogens is 232 g/mol. The zero-order valence-electron chi connectivity index (χ0n) is 10.6. The summed E-state index contributed by atoms with van der Waals surface area (Å²) in [5.74, 6) is 0.613. The molecule has 0 saturated carbocycles. The average Bonchev–Trinajstić information content (AvgIpc) is 2.85. The van der Waals surface area contributed by atoms with E-state index < -0.39 is 0 Å². The Bertz CT molecular complexity index is 575. The van der Waals surface area contributed by atoms with E-state index in [4.69, 9.17) is 9.15 Å². The minimum atomic E-state index is -0.379. The number of rotatable bonds is 3. The molecule has 0 unspecified atom stereocenters. The molecule has 1 aromatic heterocycles. The second-order valence-corrected chi connectivity index (χ2v) is 3.93. The van der Waals surface area contributed by atoms with Gasteiger partial charge in [-0.15, -0.1) is 10.2 Å². The van der Waals surface area contributed by atoms with E-state index in [2.05, 4.69) is 10.2 Å². The van der Waals surface area contributed by atoms with E-state index in [1.54, 1.807) is 12.1 Å². The minimum Gasteiger partial charge on any atom is -0.465 e. The zero-order valence-corrected chi connectivity index (χ0v) is 10.6. The second kappa shape index (κ2) is 5.00. The number of nitrogens with zero attached hydrogens (tertiary/aromatic N) is 2. The first-order valence-corrected chi connectivity index (χ1v) is 5.66. The van der Waals surface area contributed by atoms with Crippen LogP contribution in [0.4, 0.5) is 0 Å². The molecule has 5 nitrogen and oxygen atoms in total. The normalized spacial score (nSPS) is 10.4. The van der Waals surface area contributed by atoms with Crippen molar-refractivity contribution < 1.29 is 13.9 Å². The average molecular weight is 246 g/mol. The van der Waals surface area contributed by atoms with Gasteiger partial charge in [0, 0.05) is 12.0 Å². The fraction of sp³-hybridized carbons (Fsp3) is 0.308. The highest BCUT2D eigenvalue weighted by atomic mass is 16.5. The van der Waals surface area contributed by atoms with Crippen LogP contribution in [0.2, 0.25) is 0 Å². The molecule has 0 aliphatic rings. The first-order valence-electron chi connectivity index (χ1n) is 5.66. The first kappa shape index (κ1) is 12.3. The van der Waals surface area contributed by atoms with Gasteiger partial charge in [0.2, 0.25) is 11.8 Å². The largest absolute Gasteiger partial charge is 0.465 e. The Morgan fingerprint density at radius 3 is 2.72 bits per heavy atom. The SMILES string of the molecule is CCc1nnc(-c2cc(C)cc(C(=O)OC)c2)o1. The summed E-state index contributed by atoms with van der Waals surface area (Å²) in [6, 6.07) is 5.33. The molecule has 0 fully saturated rings. The summed E-state index contributed by atoms with van der Waals surface area (Å²) in [6.07, 6.45) is 0.683. The maximum Gasteiger partial charge on any atom is 0.337 e. The Labute approximate surface area is 105 Å². The van der Waals surface area contributed by atoms with Crippen LogP contribution < -0.4 is 0 Å². The maximum atomic E-state index is 11.5. The highest BCUT2D eigenvalue weighted by molar-refractivity contribution is 5.90. The second-order valence-electron chi connectivity index (χ2n) is 3.93. The van der Waals surface area contributed by atoms with Gasteiger partial charge in [0.1, 0.15) is 0 Å². The summed E-state index contributed by atoms with van der Waals surface area (Å²) in [6.45, 7) is 3.83. The van der Waals surface area contributed by atoms with Crippen molar-refractivity contribution in [3.63, 3.8) is 0 Å². The predicted octanol–water partition coefficient (Wildman–Crippen LogP) is 2.39. The van der Waals surface area contributed by atoms with Crippen LogP contribution in [-0.2, 0) is 11.2 Å². The monoisotopic (exact) mass is 246 g/mol. The number of esters is 1. The first-order chi connectivity index (χ1) is 8.63. The van der Waals surface area contributed by atoms with E-state index in [1.807, 2.05) is 19.9 Å². The van der Waals surface area contributed by atoms with Crippen molar-refractivity contribution in [3.05, 3.63) is 35.2 Å². The number of hydrogen-bond acceptors (Lipinski definition) is 5. The summed E-state index contributed by atoms with van der Waals surface area (Å²) in [5.41, 5.74) is 2.13. The van der Waals surface area contributed by atoms with Gasteiger partial charge in [-0.05, 0) is 30.7 Å². The Morgan fingerprint density at radius 1 is 1.33 bits per heavy atom. The van der Waals surface area contributed by atoms with Gasteiger partial charge >= 0.3 is 5.97 Å². The van der Waals surface area contributed by atoms with Crippen molar-refractivity contribution in [2.24, 2.45) is 0 Å². The van der Waals surface area contributed by atoms with E-state index in [0.29, 0.717) is 23.8 Å². The summed E-state index contributed by atoms with van der Waals surface area (Å²) < 4.78 is 10.2. The molecule has 18 heavy (non-hydrogen) atoms. The van der Waals surface area contributed by atoms with Crippen LogP contribution in [0.5, 0.6) is 0 Å². The molecule has 0 amide bonds. The van der Waals surface area contributed by atoms with Gasteiger partial charge in [0.15, 0.2) is 0 Å². The summed E-state index contributed by atoms with van der Waals surface area (Å²) >= 11 is 0. The molecule has 1 heterocycles. The highest BCUT2D eigenvalue weighted by Crippen LogP contribution is 2.21. The van der Waals surface area contributed by atoms with E-state index in [9.17, 15) is 4.79 Å². The third-order valence-electron chi connectivity index (χ3n) is 2.51. The number of aromatic nitrogens is 2. The minimum absolute atomic E-state index is 0.379. The molecule has 0 radical (unpaired) electrons. The van der Waals surface area contributed by atoms with Gasteiger partial charge in [0.05, 0.1) is 12.7 Å². The smallest absolute Gasteiger partial charge is 0.337 e. The topological polar surface area (TPSA) is 65.2 Å². The molecule has 0 N–H and O–H groups in total. The predicted molar refractivity (Wildman–Crippen MR) is 65.2 cm³/mol. The molecule has 0 aliphatic heterocycles. The quantitative estimate of drug-likeness (QED) is 0.778. The van der Waals surface area contributed by atoms with Crippen LogP contribution in [0.25, 0.3) is 11.5 Å². The molecule has 0 bridgehead atoms. The number of aryl methyl sites for hydroxylation is 2. The molecular formula is C13H14N2O3. The molecule has 2 aromatic rings. The Balaban J connectivity index is 2.44. The molecule has 0 aliphatic carbocycles. The number of hydrogen-bond donors (Lipinski definition) is 0. The number of carbonyl (C=O) groups is 1. The number of benzene rings is 1. The van der Waals surface area contributed by atoms with Crippen molar-refractivity contribution >= 4 is 5.97 Å². The third kappa shape index (κ3) is 2.40. The molecule has 2 rings (SSSR count). The highest BCUT2D eigenvalue weighted by Gasteiger charge is 2.12. The van der Waals surface area contributed by atoms with Crippen molar-refractivity contribution in [1.82, 2.24) is 10.2 Å². The fourth-order valence-corrected chi connectivity index (χ4v) is 1.66. The van der Waals surface area contributed by atoms with Gasteiger partial charge in [-0.3, -0.25) is 0 Å². The molecule has 0 atom stereocenters. The Kier molecular flexibility index (Phi) is 3.41. The third-order valence-corrected chi connectivity index (χ3v) is 2.51. The number of carbonyl (C=O) groups excluding carboxylic acids is 1. The van der Waals surface area contributed by atoms with E-state index in [-0.39, 0.29) is 5.97 Å². The zero-order chi connectivity index (χ0) is 13.1. The van der Waals surface area contributed by atoms with Crippen molar-refractivity contribution in [2.45, 2.75) is 20.3 Å². The van der Waals surface area contributed by atoms with Crippen LogP contribution >= 0.6 is 0 Å². The van der Waals surface area contributed by atoms with Gasteiger partial charge in [0.25, 0.3) is 0 Å². The number of ether oxygens (including phenoxy) is 1. The van der Waals surface area contributed by atoms with E-state index >= 15 is 0 Å². The van der Waals surface area contributed by atoms with E-state index in [0.717, 1.165) is 11.1 Å². The van der Waals surface area contributed by atoms with Crippen molar-refractivity contribution in [2.75, 3.05) is 7.11 Å². The number of methoxy groups -OCH3 is 1. The molecule has 0 spiro atoms. The molecule has 94 valence electrons. The van der Waals surface area contributed by atoms with Gasteiger partial charge in [-0.1, -0.05) is 6.92 Å². The molecule has 0 saturated heterocycles. The maximum absolute atomic E-state index is 11.5. The summed E-state index contributed by atoms with van der Waals surface area (Å²) in [7, 11) is 1.35. The lowest BCUT2D eigenvalue weighted by molar-refractivity contribution is 0.0600. The Hall–Kier alpha value is -2.17. The molecule has 1 aromatic carbocycles. The fourth-order valence-electron chi connectivity index (χ4n) is 1.66. The lowest BCUT2D eigenvalue weighted by Gasteiger charge is -2.03. The van der Waals surface area contributed by atoms with Crippen LogP contribution in [0.3, 0.4) is 0 Å². The van der Waals surface area contributed by atoms with Crippen LogP contribution in [-0.4, -0.2) is 23.3 Å². The molecule has 5 heteroatoms. The van der Waals surface area contributed by atoms with Gasteiger partial charge < -0.3 is 9.15 Å². The lowest BCUT2D eigenvalue weighted by atomic mass is 10.1. The summed E-state index contributed by atoms with van der Waals surface area (Å²) in [4.78, 5) is 11.5. The summed E-state index contributed by atoms with van der Waals surface area (Å²) in [5, 5.41) is 7.86.